The number of hydrogen-bond acceptors (Lipinski definition) is 2. The fraction of sp³-hybridized carbons (Fsp3) is 0.647. The highest BCUT2D eigenvalue weighted by atomic mass is 16.5. The van der Waals surface area contributed by atoms with Gasteiger partial charge in [-0.25, -0.2) is 0 Å². The Labute approximate surface area is 116 Å². The molecular formula is C17H25NO. The molecule has 1 aromatic carbocycles. The first kappa shape index (κ1) is 13.1. The van der Waals surface area contributed by atoms with Gasteiger partial charge in [0.25, 0.3) is 0 Å². The Morgan fingerprint density at radius 1 is 1.16 bits per heavy atom. The van der Waals surface area contributed by atoms with Crippen molar-refractivity contribution >= 4 is 0 Å². The van der Waals surface area contributed by atoms with Crippen LogP contribution in [0.2, 0.25) is 0 Å². The smallest absolute Gasteiger partial charge is 0.0795 e. The van der Waals surface area contributed by atoms with Gasteiger partial charge in [0.2, 0.25) is 0 Å². The van der Waals surface area contributed by atoms with Gasteiger partial charge in [-0.3, -0.25) is 0 Å². The summed E-state index contributed by atoms with van der Waals surface area (Å²) < 4.78 is 5.92. The molecule has 1 saturated heterocycles. The van der Waals surface area contributed by atoms with Gasteiger partial charge in [-0.1, -0.05) is 37.6 Å². The van der Waals surface area contributed by atoms with Crippen LogP contribution in [0.25, 0.3) is 0 Å². The van der Waals surface area contributed by atoms with E-state index < -0.39 is 0 Å². The highest BCUT2D eigenvalue weighted by Gasteiger charge is 2.32. The second kappa shape index (κ2) is 5.64. The van der Waals surface area contributed by atoms with Crippen molar-refractivity contribution in [3.8, 4) is 0 Å². The van der Waals surface area contributed by atoms with Crippen LogP contribution in [-0.4, -0.2) is 19.8 Å². The molecule has 1 aliphatic carbocycles. The predicted molar refractivity (Wildman–Crippen MR) is 78.4 cm³/mol. The van der Waals surface area contributed by atoms with E-state index in [2.05, 4.69) is 36.5 Å². The predicted octanol–water partition coefficient (Wildman–Crippen LogP) is 3.64. The van der Waals surface area contributed by atoms with Gasteiger partial charge >= 0.3 is 0 Å². The summed E-state index contributed by atoms with van der Waals surface area (Å²) in [4.78, 5) is 0. The first-order valence-corrected chi connectivity index (χ1v) is 7.68. The van der Waals surface area contributed by atoms with Gasteiger partial charge < -0.3 is 10.1 Å². The van der Waals surface area contributed by atoms with Crippen LogP contribution >= 0.6 is 0 Å². The van der Waals surface area contributed by atoms with Crippen LogP contribution in [-0.2, 0) is 4.74 Å². The van der Waals surface area contributed by atoms with Crippen LogP contribution in [0.3, 0.4) is 0 Å². The van der Waals surface area contributed by atoms with Crippen LogP contribution in [0.15, 0.2) is 24.3 Å². The maximum absolute atomic E-state index is 5.92. The van der Waals surface area contributed by atoms with Crippen molar-refractivity contribution in [1.29, 1.82) is 0 Å². The van der Waals surface area contributed by atoms with Crippen molar-refractivity contribution in [2.75, 3.05) is 13.7 Å². The minimum atomic E-state index is 0.319. The maximum Gasteiger partial charge on any atom is 0.0795 e. The lowest BCUT2D eigenvalue weighted by atomic mass is 9.79. The summed E-state index contributed by atoms with van der Waals surface area (Å²) in [7, 11) is 2.04. The third-order valence-electron chi connectivity index (χ3n) is 4.96. The van der Waals surface area contributed by atoms with E-state index in [9.17, 15) is 0 Å². The minimum Gasteiger partial charge on any atom is -0.376 e. The van der Waals surface area contributed by atoms with Crippen molar-refractivity contribution in [2.24, 2.45) is 5.92 Å². The molecule has 2 heteroatoms. The number of likely N-dealkylation sites (N-methyl/N-ethyl adjacent to an activating group) is 1. The lowest BCUT2D eigenvalue weighted by molar-refractivity contribution is 0.0631. The van der Waals surface area contributed by atoms with Crippen molar-refractivity contribution in [3.05, 3.63) is 35.4 Å². The molecule has 0 radical (unpaired) electrons. The number of nitrogens with one attached hydrogen (secondary N) is 1. The summed E-state index contributed by atoms with van der Waals surface area (Å²) in [6.45, 7) is 3.20. The summed E-state index contributed by atoms with van der Waals surface area (Å²) in [5.74, 6) is 1.47. The molecule has 2 nitrogen and oxygen atoms in total. The number of ether oxygens (including phenoxy) is 1. The topological polar surface area (TPSA) is 21.3 Å². The molecule has 3 rings (SSSR count). The highest BCUT2D eigenvalue weighted by Crippen LogP contribution is 2.37. The normalized spacial score (nSPS) is 29.2. The summed E-state index contributed by atoms with van der Waals surface area (Å²) in [5, 5.41) is 3.44. The maximum atomic E-state index is 5.92. The molecule has 2 fully saturated rings. The molecule has 3 unspecified atom stereocenters. The van der Waals surface area contributed by atoms with Gasteiger partial charge in [0.15, 0.2) is 0 Å². The molecule has 2 aliphatic rings. The zero-order valence-electron chi connectivity index (χ0n) is 12.1. The molecule has 1 heterocycles. The average Bonchev–Trinajstić information content (AvgIpc) is 2.77. The average molecular weight is 259 g/mol. The quantitative estimate of drug-likeness (QED) is 0.891. The van der Waals surface area contributed by atoms with E-state index in [0.717, 1.165) is 12.5 Å². The first-order valence-electron chi connectivity index (χ1n) is 7.68. The molecule has 0 spiro atoms. The van der Waals surface area contributed by atoms with Crippen LogP contribution in [0.1, 0.15) is 55.7 Å². The Bertz CT molecular complexity index is 410. The Morgan fingerprint density at radius 3 is 2.37 bits per heavy atom. The van der Waals surface area contributed by atoms with E-state index in [1.807, 2.05) is 7.05 Å². The first-order chi connectivity index (χ1) is 9.29. The summed E-state index contributed by atoms with van der Waals surface area (Å²) >= 11 is 0. The van der Waals surface area contributed by atoms with E-state index in [1.165, 1.54) is 36.8 Å². The lowest BCUT2D eigenvalue weighted by Crippen LogP contribution is -2.32. The van der Waals surface area contributed by atoms with Gasteiger partial charge in [0, 0.05) is 6.61 Å². The van der Waals surface area contributed by atoms with Crippen molar-refractivity contribution < 1.29 is 4.74 Å². The van der Waals surface area contributed by atoms with Crippen molar-refractivity contribution in [2.45, 2.75) is 50.7 Å². The molecule has 1 aromatic rings. The van der Waals surface area contributed by atoms with Gasteiger partial charge in [-0.2, -0.15) is 0 Å². The standard InChI is InChI=1S/C17H25NO/c1-12-10-11-19-17(12)16(18-2)15-8-6-14(7-9-15)13-4-3-5-13/h6-9,12-13,16-18H,3-5,10-11H2,1-2H3. The molecule has 0 aromatic heterocycles. The summed E-state index contributed by atoms with van der Waals surface area (Å²) in [6, 6.07) is 9.56. The molecular weight excluding hydrogens is 234 g/mol. The Kier molecular flexibility index (Phi) is 3.90. The Morgan fingerprint density at radius 2 is 1.89 bits per heavy atom. The van der Waals surface area contributed by atoms with E-state index in [4.69, 9.17) is 4.74 Å². The van der Waals surface area contributed by atoms with Crippen LogP contribution < -0.4 is 5.32 Å². The zero-order valence-corrected chi connectivity index (χ0v) is 12.1. The van der Waals surface area contributed by atoms with E-state index >= 15 is 0 Å². The number of benzene rings is 1. The molecule has 1 saturated carbocycles. The van der Waals surface area contributed by atoms with Crippen LogP contribution in [0, 0.1) is 5.92 Å². The fourth-order valence-electron chi connectivity index (χ4n) is 3.38. The Balaban J connectivity index is 1.75. The Hall–Kier alpha value is -0.860. The minimum absolute atomic E-state index is 0.319. The van der Waals surface area contributed by atoms with E-state index in [0.29, 0.717) is 18.1 Å². The van der Waals surface area contributed by atoms with Crippen LogP contribution in [0.5, 0.6) is 0 Å². The summed E-state index contributed by atoms with van der Waals surface area (Å²) in [6.07, 6.45) is 5.65. The third kappa shape index (κ3) is 2.56. The van der Waals surface area contributed by atoms with Gasteiger partial charge in [0.05, 0.1) is 12.1 Å². The highest BCUT2D eigenvalue weighted by molar-refractivity contribution is 5.29. The third-order valence-corrected chi connectivity index (χ3v) is 4.96. The SMILES string of the molecule is CNC(c1ccc(C2CCC2)cc1)C1OCCC1C. The van der Waals surface area contributed by atoms with E-state index in [1.54, 1.807) is 0 Å². The number of hydrogen-bond donors (Lipinski definition) is 1. The molecule has 0 bridgehead atoms. The molecule has 104 valence electrons. The molecule has 1 aliphatic heterocycles. The molecule has 3 atom stereocenters. The van der Waals surface area contributed by atoms with Crippen molar-refractivity contribution in [3.63, 3.8) is 0 Å². The molecule has 19 heavy (non-hydrogen) atoms. The lowest BCUT2D eigenvalue weighted by Gasteiger charge is -2.28. The molecule has 1 N–H and O–H groups in total. The van der Waals surface area contributed by atoms with Crippen molar-refractivity contribution in [1.82, 2.24) is 5.32 Å². The van der Waals surface area contributed by atoms with Gasteiger partial charge in [0.1, 0.15) is 0 Å². The number of rotatable bonds is 4. The van der Waals surface area contributed by atoms with Crippen LogP contribution in [0.4, 0.5) is 0 Å². The monoisotopic (exact) mass is 259 g/mol. The summed E-state index contributed by atoms with van der Waals surface area (Å²) in [5.41, 5.74) is 2.88. The van der Waals surface area contributed by atoms with Gasteiger partial charge in [-0.15, -0.1) is 0 Å². The fourth-order valence-corrected chi connectivity index (χ4v) is 3.38. The second-order valence-electron chi connectivity index (χ2n) is 6.16. The van der Waals surface area contributed by atoms with Gasteiger partial charge in [-0.05, 0) is 49.3 Å². The van der Waals surface area contributed by atoms with E-state index in [-0.39, 0.29) is 0 Å². The zero-order chi connectivity index (χ0) is 13.2. The molecule has 0 amide bonds. The largest absolute Gasteiger partial charge is 0.376 e. The second-order valence-corrected chi connectivity index (χ2v) is 6.16.